The van der Waals surface area contributed by atoms with Crippen LogP contribution in [0.5, 0.6) is 5.75 Å². The molecule has 0 spiro atoms. The fraction of sp³-hybridized carbons (Fsp3) is 0.214. The fourth-order valence-corrected chi connectivity index (χ4v) is 1.90. The number of benzene rings is 1. The molecule has 2 aromatic rings. The number of ether oxygens (including phenoxy) is 1. The molecule has 0 aliphatic rings. The Labute approximate surface area is 120 Å². The molecule has 110 valence electrons. The second-order valence-corrected chi connectivity index (χ2v) is 4.20. The zero-order valence-electron chi connectivity index (χ0n) is 11.6. The van der Waals surface area contributed by atoms with Gasteiger partial charge in [-0.3, -0.25) is 10.1 Å². The van der Waals surface area contributed by atoms with E-state index < -0.39 is 10.7 Å². The second kappa shape index (κ2) is 6.17. The summed E-state index contributed by atoms with van der Waals surface area (Å²) in [5.74, 6) is -0.0291. The van der Waals surface area contributed by atoms with E-state index >= 15 is 0 Å². The molecule has 7 heteroatoms. The van der Waals surface area contributed by atoms with E-state index in [1.807, 2.05) is 6.92 Å². The Balaban J connectivity index is 2.56. The fourth-order valence-electron chi connectivity index (χ4n) is 1.90. The van der Waals surface area contributed by atoms with Gasteiger partial charge in [0.1, 0.15) is 5.82 Å². The molecule has 0 aliphatic carbocycles. The molecule has 0 amide bonds. The number of halogens is 1. The molecule has 0 aliphatic heterocycles. The van der Waals surface area contributed by atoms with Gasteiger partial charge in [-0.25, -0.2) is 9.37 Å². The molecule has 0 saturated carbocycles. The van der Waals surface area contributed by atoms with E-state index in [4.69, 9.17) is 4.74 Å². The summed E-state index contributed by atoms with van der Waals surface area (Å²) in [6.45, 7) is 2.51. The average molecular weight is 291 g/mol. The van der Waals surface area contributed by atoms with Crippen molar-refractivity contribution in [2.45, 2.75) is 6.92 Å². The van der Waals surface area contributed by atoms with E-state index in [1.165, 1.54) is 37.4 Å². The standard InChI is InChI=1S/C14H14FN3O3/c1-3-16-13-7-5-11(18(19)20)14(17-13)9-4-6-12(21-2)10(15)8-9/h4-8H,3H2,1-2H3,(H,16,17). The zero-order chi connectivity index (χ0) is 15.4. The first kappa shape index (κ1) is 14.7. The van der Waals surface area contributed by atoms with Gasteiger partial charge in [0.15, 0.2) is 17.3 Å². The molecule has 6 nitrogen and oxygen atoms in total. The lowest BCUT2D eigenvalue weighted by molar-refractivity contribution is -0.384. The van der Waals surface area contributed by atoms with Crippen LogP contribution in [0.25, 0.3) is 11.3 Å². The number of nitro groups is 1. The van der Waals surface area contributed by atoms with Gasteiger partial charge in [-0.1, -0.05) is 0 Å². The van der Waals surface area contributed by atoms with Gasteiger partial charge in [-0.15, -0.1) is 0 Å². The Bertz CT molecular complexity index is 677. The Kier molecular flexibility index (Phi) is 4.32. The van der Waals surface area contributed by atoms with Crippen LogP contribution in [0.3, 0.4) is 0 Å². The molecular weight excluding hydrogens is 277 g/mol. The first-order chi connectivity index (χ1) is 10.1. The number of aromatic nitrogens is 1. The van der Waals surface area contributed by atoms with Crippen molar-refractivity contribution < 1.29 is 14.1 Å². The smallest absolute Gasteiger partial charge is 0.295 e. The molecule has 1 heterocycles. The van der Waals surface area contributed by atoms with E-state index in [9.17, 15) is 14.5 Å². The third kappa shape index (κ3) is 3.07. The summed E-state index contributed by atoms with van der Waals surface area (Å²) in [5.41, 5.74) is 0.251. The molecule has 0 fully saturated rings. The van der Waals surface area contributed by atoms with E-state index in [0.29, 0.717) is 17.9 Å². The molecule has 1 aromatic carbocycles. The molecule has 0 saturated heterocycles. The van der Waals surface area contributed by atoms with Crippen molar-refractivity contribution in [3.63, 3.8) is 0 Å². The number of pyridine rings is 1. The van der Waals surface area contributed by atoms with Crippen LogP contribution in [0.4, 0.5) is 15.9 Å². The highest BCUT2D eigenvalue weighted by Gasteiger charge is 2.19. The molecule has 0 unspecified atom stereocenters. The van der Waals surface area contributed by atoms with Crippen LogP contribution in [0, 0.1) is 15.9 Å². The van der Waals surface area contributed by atoms with Crippen molar-refractivity contribution >= 4 is 11.5 Å². The van der Waals surface area contributed by atoms with Gasteiger partial charge >= 0.3 is 0 Å². The molecule has 0 atom stereocenters. The summed E-state index contributed by atoms with van der Waals surface area (Å²) >= 11 is 0. The number of nitrogens with zero attached hydrogens (tertiary/aromatic N) is 2. The lowest BCUT2D eigenvalue weighted by atomic mass is 10.1. The minimum atomic E-state index is -0.597. The summed E-state index contributed by atoms with van der Waals surface area (Å²) in [4.78, 5) is 14.7. The van der Waals surface area contributed by atoms with Gasteiger partial charge in [0.2, 0.25) is 0 Å². The second-order valence-electron chi connectivity index (χ2n) is 4.20. The van der Waals surface area contributed by atoms with Crippen LogP contribution >= 0.6 is 0 Å². The third-order valence-electron chi connectivity index (χ3n) is 2.85. The number of anilines is 1. The Hall–Kier alpha value is -2.70. The van der Waals surface area contributed by atoms with Crippen molar-refractivity contribution in [1.29, 1.82) is 0 Å². The predicted molar refractivity (Wildman–Crippen MR) is 77.0 cm³/mol. The monoisotopic (exact) mass is 291 g/mol. The first-order valence-electron chi connectivity index (χ1n) is 6.30. The van der Waals surface area contributed by atoms with Crippen LogP contribution in [0.1, 0.15) is 6.92 Å². The quantitative estimate of drug-likeness (QED) is 0.676. The van der Waals surface area contributed by atoms with E-state index in [0.717, 1.165) is 0 Å². The highest BCUT2D eigenvalue weighted by atomic mass is 19.1. The maximum absolute atomic E-state index is 13.8. The maximum Gasteiger partial charge on any atom is 0.295 e. The number of hydrogen-bond donors (Lipinski definition) is 1. The SMILES string of the molecule is CCNc1ccc([N+](=O)[O-])c(-c2ccc(OC)c(F)c2)n1. The van der Waals surface area contributed by atoms with Crippen LogP contribution in [0.2, 0.25) is 0 Å². The summed E-state index contributed by atoms with van der Waals surface area (Å²) in [6, 6.07) is 6.99. The van der Waals surface area contributed by atoms with Gasteiger partial charge < -0.3 is 10.1 Å². The average Bonchev–Trinajstić information content (AvgIpc) is 2.47. The minimum Gasteiger partial charge on any atom is -0.494 e. The van der Waals surface area contributed by atoms with Gasteiger partial charge in [0.25, 0.3) is 5.69 Å². The Morgan fingerprint density at radius 3 is 2.71 bits per heavy atom. The topological polar surface area (TPSA) is 77.3 Å². The van der Waals surface area contributed by atoms with E-state index in [1.54, 1.807) is 0 Å². The van der Waals surface area contributed by atoms with Gasteiger partial charge in [-0.2, -0.15) is 0 Å². The summed E-state index contributed by atoms with van der Waals surface area (Å²) in [7, 11) is 1.35. The Morgan fingerprint density at radius 1 is 1.38 bits per heavy atom. The summed E-state index contributed by atoms with van der Waals surface area (Å²) in [5, 5.41) is 14.1. The van der Waals surface area contributed by atoms with Crippen LogP contribution in [-0.4, -0.2) is 23.6 Å². The van der Waals surface area contributed by atoms with Gasteiger partial charge in [0.05, 0.1) is 12.0 Å². The van der Waals surface area contributed by atoms with Crippen molar-refractivity contribution in [3.8, 4) is 17.0 Å². The maximum atomic E-state index is 13.8. The number of rotatable bonds is 5. The lowest BCUT2D eigenvalue weighted by Crippen LogP contribution is -2.02. The largest absolute Gasteiger partial charge is 0.494 e. The number of methoxy groups -OCH3 is 1. The van der Waals surface area contributed by atoms with E-state index in [2.05, 4.69) is 10.3 Å². The van der Waals surface area contributed by atoms with E-state index in [-0.39, 0.29) is 17.1 Å². The number of hydrogen-bond acceptors (Lipinski definition) is 5. The highest BCUT2D eigenvalue weighted by Crippen LogP contribution is 2.31. The first-order valence-corrected chi connectivity index (χ1v) is 6.30. The van der Waals surface area contributed by atoms with Crippen molar-refractivity contribution in [3.05, 3.63) is 46.3 Å². The van der Waals surface area contributed by atoms with Crippen LogP contribution in [0.15, 0.2) is 30.3 Å². The molecule has 2 rings (SSSR count). The minimum absolute atomic E-state index is 0.0734. The lowest BCUT2D eigenvalue weighted by Gasteiger charge is -2.08. The zero-order valence-corrected chi connectivity index (χ0v) is 11.6. The summed E-state index contributed by atoms with van der Waals surface area (Å²) in [6.07, 6.45) is 0. The van der Waals surface area contributed by atoms with Crippen molar-refractivity contribution in [1.82, 2.24) is 4.98 Å². The highest BCUT2D eigenvalue weighted by molar-refractivity contribution is 5.72. The van der Waals surface area contributed by atoms with Gasteiger partial charge in [-0.05, 0) is 31.2 Å². The molecule has 21 heavy (non-hydrogen) atoms. The van der Waals surface area contributed by atoms with Crippen molar-refractivity contribution in [2.75, 3.05) is 19.0 Å². The molecule has 1 N–H and O–H groups in total. The Morgan fingerprint density at radius 2 is 2.14 bits per heavy atom. The summed E-state index contributed by atoms with van der Waals surface area (Å²) < 4.78 is 18.6. The van der Waals surface area contributed by atoms with Crippen LogP contribution in [-0.2, 0) is 0 Å². The predicted octanol–water partition coefficient (Wildman–Crippen LogP) is 3.24. The van der Waals surface area contributed by atoms with Gasteiger partial charge in [0, 0.05) is 18.2 Å². The normalized spacial score (nSPS) is 10.2. The molecule has 0 radical (unpaired) electrons. The molecular formula is C14H14FN3O3. The third-order valence-corrected chi connectivity index (χ3v) is 2.85. The van der Waals surface area contributed by atoms with Crippen molar-refractivity contribution in [2.24, 2.45) is 0 Å². The molecule has 1 aromatic heterocycles. The number of nitrogens with one attached hydrogen (secondary N) is 1. The van der Waals surface area contributed by atoms with Crippen LogP contribution < -0.4 is 10.1 Å². The molecule has 0 bridgehead atoms.